The van der Waals surface area contributed by atoms with Gasteiger partial charge in [-0.3, -0.25) is 28.0 Å². The number of quaternary nitrogens is 1. The molecule has 0 saturated heterocycles. The lowest BCUT2D eigenvalue weighted by atomic mass is 9.75. The van der Waals surface area contributed by atoms with Gasteiger partial charge in [0.1, 0.15) is 44.4 Å². The Kier molecular flexibility index (Phi) is 24.7. The lowest BCUT2D eigenvalue weighted by molar-refractivity contribution is -0.870. The Morgan fingerprint density at radius 3 is 2.02 bits per heavy atom. The highest BCUT2D eigenvalue weighted by molar-refractivity contribution is 7.85. The smallest absolute Gasteiger partial charge is 0.463 e. The van der Waals surface area contributed by atoms with Crippen LogP contribution in [0.4, 0.5) is 11.4 Å². The summed E-state index contributed by atoms with van der Waals surface area (Å²) < 4.78 is 87.7. The summed E-state index contributed by atoms with van der Waals surface area (Å²) in [5.41, 5.74) is 6.10. The summed E-state index contributed by atoms with van der Waals surface area (Å²) in [6.45, 7) is 20.2. The number of fused-ring (bicyclic) bond motifs is 2. The molecule has 6 rings (SSSR count). The van der Waals surface area contributed by atoms with Crippen LogP contribution in [0.3, 0.4) is 0 Å². The van der Waals surface area contributed by atoms with Gasteiger partial charge in [-0.25, -0.2) is 4.57 Å². The number of allylic oxidation sites excluding steroid dienone is 7. The third-order valence-electron chi connectivity index (χ3n) is 15.8. The largest absolute Gasteiger partial charge is 0.472 e. The number of hydrogen-bond acceptors (Lipinski definition) is 14. The number of carbonyl (C=O) groups excluding carboxylic acids is 3. The minimum Gasteiger partial charge on any atom is -0.463 e. The minimum absolute atomic E-state index is 0.0113. The van der Waals surface area contributed by atoms with Crippen LogP contribution in [0.1, 0.15) is 125 Å². The Hall–Kier alpha value is -5.80. The van der Waals surface area contributed by atoms with Crippen molar-refractivity contribution in [1.82, 2.24) is 5.32 Å². The lowest BCUT2D eigenvalue weighted by Gasteiger charge is -2.31. The molecule has 478 valence electrons. The van der Waals surface area contributed by atoms with Crippen LogP contribution in [0.5, 0.6) is 5.75 Å². The van der Waals surface area contributed by atoms with Crippen molar-refractivity contribution in [1.29, 1.82) is 0 Å². The molecular weight excluding hydrogens is 1150 g/mol. The molecule has 2 aliphatic heterocycles. The quantitative estimate of drug-likeness (QED) is 0.0126. The molecule has 1 aliphatic carbocycles. The van der Waals surface area contributed by atoms with Gasteiger partial charge in [-0.2, -0.15) is 13.0 Å². The molecule has 0 spiro atoms. The normalized spacial score (nSPS) is 17.7. The van der Waals surface area contributed by atoms with E-state index in [2.05, 4.69) is 110 Å². The second-order valence-electron chi connectivity index (χ2n) is 25.7. The third kappa shape index (κ3) is 19.8. The summed E-state index contributed by atoms with van der Waals surface area (Å²) in [5.74, 6) is -0.128. The van der Waals surface area contributed by atoms with Gasteiger partial charge in [0.15, 0.2) is 5.71 Å². The number of nitrogens with one attached hydrogen (secondary N) is 1. The second kappa shape index (κ2) is 30.6. The number of hydrogen-bond donors (Lipinski definition) is 3. The minimum atomic E-state index is -4.41. The zero-order valence-electron chi connectivity index (χ0n) is 53.3. The average molecular weight is 1250 g/mol. The standard InChI is InChI=1S/C66H93N4O15PS/c1-13-14-19-37-68-55-25-17-15-23-53(55)65(6,7)57(68)33-27-49-21-20-22-50(60(49)85-51-29-31-52(32-30-51)87(76,77)78)28-34-58-66(8,9)54-24-16-18-26-56(54)69(58)38-35-59(71)67-36-40-79-42-43-80-44-45-81-61(72)63(2,3)48-64(4,5)62(73)82-46-47-84-86(74,75)83-41-39-70(10,11)12/h15-18,23-34H,13-14,19-22,35-48H2,1-12H3,(H-2,67,71,74,75,76,77,78)/p+2. The second-order valence-corrected chi connectivity index (χ2v) is 28.6. The van der Waals surface area contributed by atoms with Crippen molar-refractivity contribution in [2.24, 2.45) is 10.8 Å². The molecule has 0 bridgehead atoms. The maximum absolute atomic E-state index is 13.4. The number of benzene rings is 3. The fraction of sp³-hybridized carbons (Fsp3) is 0.545. The van der Waals surface area contributed by atoms with Crippen molar-refractivity contribution < 1.29 is 78.6 Å². The highest BCUT2D eigenvalue weighted by Gasteiger charge is 2.45. The number of phosphoric ester groups is 1. The number of rotatable bonds is 34. The number of carbonyl (C=O) groups is 3. The number of ether oxygens (including phenoxy) is 5. The Bertz CT molecular complexity index is 3210. The van der Waals surface area contributed by atoms with Gasteiger partial charge in [-0.1, -0.05) is 69.7 Å². The Morgan fingerprint density at radius 1 is 0.759 bits per heavy atom. The Balaban J connectivity index is 1.01. The van der Waals surface area contributed by atoms with Gasteiger partial charge < -0.3 is 43.3 Å². The van der Waals surface area contributed by atoms with Crippen molar-refractivity contribution >= 4 is 52.9 Å². The molecule has 3 aromatic carbocycles. The summed E-state index contributed by atoms with van der Waals surface area (Å²) >= 11 is 0. The van der Waals surface area contributed by atoms with Crippen molar-refractivity contribution in [2.75, 3.05) is 105 Å². The molecule has 87 heavy (non-hydrogen) atoms. The van der Waals surface area contributed by atoms with Crippen LogP contribution in [-0.2, 0) is 67.9 Å². The van der Waals surface area contributed by atoms with Crippen molar-refractivity contribution in [2.45, 2.75) is 129 Å². The van der Waals surface area contributed by atoms with Crippen molar-refractivity contribution in [3.63, 3.8) is 0 Å². The monoisotopic (exact) mass is 1250 g/mol. The number of amides is 1. The summed E-state index contributed by atoms with van der Waals surface area (Å²) in [6, 6.07) is 22.7. The first-order valence-electron chi connectivity index (χ1n) is 30.3. The molecule has 3 aromatic rings. The van der Waals surface area contributed by atoms with Crippen LogP contribution in [0, 0.1) is 10.8 Å². The fourth-order valence-electron chi connectivity index (χ4n) is 11.3. The number of phosphoric acid groups is 1. The molecule has 21 heteroatoms. The average Bonchev–Trinajstić information content (AvgIpc) is 1.64. The van der Waals surface area contributed by atoms with Gasteiger partial charge in [0, 0.05) is 60.4 Å². The lowest BCUT2D eigenvalue weighted by Crippen LogP contribution is -2.37. The zero-order valence-corrected chi connectivity index (χ0v) is 55.0. The van der Waals surface area contributed by atoms with Crippen LogP contribution in [-0.4, -0.2) is 151 Å². The highest BCUT2D eigenvalue weighted by Crippen LogP contribution is 2.48. The van der Waals surface area contributed by atoms with E-state index in [0.717, 1.165) is 73.2 Å². The molecule has 1 unspecified atom stereocenters. The van der Waals surface area contributed by atoms with Crippen LogP contribution < -0.4 is 15.0 Å². The summed E-state index contributed by atoms with van der Waals surface area (Å²) in [7, 11) is -2.97. The fourth-order valence-corrected chi connectivity index (χ4v) is 12.4. The van der Waals surface area contributed by atoms with Gasteiger partial charge in [0.05, 0.1) is 75.3 Å². The van der Waals surface area contributed by atoms with E-state index in [1.165, 1.54) is 29.1 Å². The van der Waals surface area contributed by atoms with Crippen molar-refractivity contribution in [3.8, 4) is 5.75 Å². The molecule has 1 amide bonds. The van der Waals surface area contributed by atoms with E-state index in [0.29, 0.717) is 35.6 Å². The topological polar surface area (TPSA) is 226 Å². The summed E-state index contributed by atoms with van der Waals surface area (Å²) in [4.78, 5) is 51.3. The molecule has 3 aliphatic rings. The van der Waals surface area contributed by atoms with E-state index in [1.807, 2.05) is 33.3 Å². The summed E-state index contributed by atoms with van der Waals surface area (Å²) in [6.07, 6.45) is 14.7. The molecule has 19 nitrogen and oxygen atoms in total. The number of anilines is 1. The SMILES string of the molecule is CCCCC[N+]1=C(C=CC2=C(Oc3ccc(S(=O)(=O)O)cc3)C(=CC=C3N(CCC(=O)NCCOCCOCCOC(=O)C(C)(C)CC(C)(C)C(=O)OCCOP(=O)(O)OCC[N+](C)(C)C)c4ccccc4C3(C)C)CCC2)C(C)(C)c2ccccc21. The van der Waals surface area contributed by atoms with Crippen LogP contribution in [0.25, 0.3) is 0 Å². The first-order valence-corrected chi connectivity index (χ1v) is 33.2. The molecule has 1 atom stereocenters. The first kappa shape index (κ1) is 70.3. The molecule has 0 radical (unpaired) electrons. The predicted octanol–water partition coefficient (Wildman–Crippen LogP) is 11.1. The Morgan fingerprint density at radius 2 is 1.37 bits per heavy atom. The van der Waals surface area contributed by atoms with Crippen LogP contribution in [0.2, 0.25) is 0 Å². The molecule has 3 N–H and O–H groups in total. The van der Waals surface area contributed by atoms with Gasteiger partial charge >= 0.3 is 19.8 Å². The molecule has 0 saturated carbocycles. The number of nitrogens with zero attached hydrogens (tertiary/aromatic N) is 3. The Labute approximate surface area is 516 Å². The van der Waals surface area contributed by atoms with Crippen LogP contribution >= 0.6 is 7.82 Å². The third-order valence-corrected chi connectivity index (χ3v) is 17.7. The predicted molar refractivity (Wildman–Crippen MR) is 337 cm³/mol. The molecular formula is C66H95N4O15PS+2. The molecule has 2 heterocycles. The highest BCUT2D eigenvalue weighted by atomic mass is 32.2. The van der Waals surface area contributed by atoms with Gasteiger partial charge in [-0.15, -0.1) is 0 Å². The van der Waals surface area contributed by atoms with E-state index < -0.39 is 46.1 Å². The number of esters is 2. The van der Waals surface area contributed by atoms with E-state index in [1.54, 1.807) is 39.8 Å². The van der Waals surface area contributed by atoms with Gasteiger partial charge in [0.25, 0.3) is 10.1 Å². The van der Waals surface area contributed by atoms with E-state index in [9.17, 15) is 36.8 Å². The van der Waals surface area contributed by atoms with Gasteiger partial charge in [0.2, 0.25) is 11.6 Å². The number of para-hydroxylation sites is 2. The number of likely N-dealkylation sites (N-methyl/N-ethyl adjacent to an activating group) is 1. The molecule has 0 fully saturated rings. The maximum atomic E-state index is 13.4. The molecule has 0 aromatic heterocycles. The number of unbranched alkanes of at least 4 members (excludes halogenated alkanes) is 2. The van der Waals surface area contributed by atoms with E-state index in [4.69, 9.17) is 32.7 Å². The first-order chi connectivity index (χ1) is 40.9. The zero-order chi connectivity index (χ0) is 63.9. The van der Waals surface area contributed by atoms with Gasteiger partial charge in [-0.05, 0) is 133 Å². The van der Waals surface area contributed by atoms with E-state index in [-0.39, 0.29) is 81.9 Å². The van der Waals surface area contributed by atoms with E-state index >= 15 is 0 Å². The maximum Gasteiger partial charge on any atom is 0.472 e. The summed E-state index contributed by atoms with van der Waals surface area (Å²) in [5, 5.41) is 2.98. The van der Waals surface area contributed by atoms with Crippen molar-refractivity contribution in [3.05, 3.63) is 131 Å². The van der Waals surface area contributed by atoms with Crippen LogP contribution in [0.15, 0.2) is 125 Å².